The number of hydrogen-bond acceptors (Lipinski definition) is 11. The Morgan fingerprint density at radius 1 is 0.923 bits per heavy atom. The first-order chi connectivity index (χ1) is 12.2. The molecule has 2 aliphatic heterocycles. The first kappa shape index (κ1) is 21.4. The highest BCUT2D eigenvalue weighted by Crippen LogP contribution is 2.28. The lowest BCUT2D eigenvalue weighted by molar-refractivity contribution is -0.345. The fourth-order valence-corrected chi connectivity index (χ4v) is 2.98. The van der Waals surface area contributed by atoms with E-state index in [-0.39, 0.29) is 0 Å². The Kier molecular flexibility index (Phi) is 7.27. The summed E-state index contributed by atoms with van der Waals surface area (Å²) in [4.78, 5) is 11.2. The largest absolute Gasteiger partial charge is 0.394 e. The second kappa shape index (κ2) is 8.84. The second-order valence-corrected chi connectivity index (χ2v) is 6.26. The van der Waals surface area contributed by atoms with Gasteiger partial charge in [0.2, 0.25) is 5.91 Å². The molecule has 12 heteroatoms. The van der Waals surface area contributed by atoms with E-state index in [0.29, 0.717) is 0 Å². The Bertz CT molecular complexity index is 478. The standard InChI is InChI=1S/C14H25NO11/c1-4(18)15-7-9(20)12(6(3-17)24-13(7)23)26-14-11(22)10(21)8(19)5(2-16)25-14/h5-14,16-17,19-23H,2-3H2,1H3,(H,15,18)/t5-,6-,7-,8+,9-,10+,11+,12-,13-,14+/m1/s1. The predicted molar refractivity (Wildman–Crippen MR) is 80.2 cm³/mol. The zero-order valence-corrected chi connectivity index (χ0v) is 14.0. The van der Waals surface area contributed by atoms with E-state index < -0.39 is 80.5 Å². The summed E-state index contributed by atoms with van der Waals surface area (Å²) in [6, 6.07) is -1.29. The summed E-state index contributed by atoms with van der Waals surface area (Å²) in [5.74, 6) is -0.564. The average Bonchev–Trinajstić information content (AvgIpc) is 2.60. The van der Waals surface area contributed by atoms with Gasteiger partial charge in [0.05, 0.1) is 13.2 Å². The molecule has 10 atom stereocenters. The van der Waals surface area contributed by atoms with Crippen LogP contribution in [0.5, 0.6) is 0 Å². The van der Waals surface area contributed by atoms with Crippen molar-refractivity contribution in [3.8, 4) is 0 Å². The van der Waals surface area contributed by atoms with Crippen LogP contribution in [-0.4, -0.2) is 116 Å². The molecule has 0 spiro atoms. The van der Waals surface area contributed by atoms with Gasteiger partial charge in [-0.05, 0) is 0 Å². The summed E-state index contributed by atoms with van der Waals surface area (Å²) in [5.41, 5.74) is 0. The van der Waals surface area contributed by atoms with Gasteiger partial charge in [-0.1, -0.05) is 0 Å². The molecule has 8 N–H and O–H groups in total. The second-order valence-electron chi connectivity index (χ2n) is 6.26. The van der Waals surface area contributed by atoms with E-state index in [1.165, 1.54) is 0 Å². The molecule has 12 nitrogen and oxygen atoms in total. The lowest BCUT2D eigenvalue weighted by atomic mass is 9.95. The van der Waals surface area contributed by atoms with Crippen LogP contribution >= 0.6 is 0 Å². The molecule has 2 aliphatic rings. The SMILES string of the molecule is CC(=O)N[C@@H]1[C@@H](O)[C@H](O[C@@H]2O[C@H](CO)[C@H](O)[C@H](O)[C@@H]2O)[C@@H](CO)O[C@H]1O. The van der Waals surface area contributed by atoms with Crippen molar-refractivity contribution in [2.75, 3.05) is 13.2 Å². The maximum atomic E-state index is 11.2. The monoisotopic (exact) mass is 383 g/mol. The van der Waals surface area contributed by atoms with E-state index in [9.17, 15) is 40.5 Å². The molecule has 0 saturated carbocycles. The molecule has 0 aromatic rings. The van der Waals surface area contributed by atoms with E-state index in [4.69, 9.17) is 14.2 Å². The molecule has 26 heavy (non-hydrogen) atoms. The summed E-state index contributed by atoms with van der Waals surface area (Å²) in [6.45, 7) is -0.195. The molecule has 0 bridgehead atoms. The predicted octanol–water partition coefficient (Wildman–Crippen LogP) is -5.25. The zero-order chi connectivity index (χ0) is 19.6. The number of aliphatic hydroxyl groups excluding tert-OH is 7. The van der Waals surface area contributed by atoms with Crippen molar-refractivity contribution in [3.05, 3.63) is 0 Å². The molecule has 0 aromatic carbocycles. The van der Waals surface area contributed by atoms with Gasteiger partial charge in [-0.2, -0.15) is 0 Å². The molecule has 0 aliphatic carbocycles. The van der Waals surface area contributed by atoms with Crippen LogP contribution in [0.15, 0.2) is 0 Å². The topological polar surface area (TPSA) is 198 Å². The van der Waals surface area contributed by atoms with Crippen molar-refractivity contribution in [2.24, 2.45) is 0 Å². The Morgan fingerprint density at radius 3 is 2.08 bits per heavy atom. The molecule has 0 radical (unpaired) electrons. The molecule has 2 rings (SSSR count). The van der Waals surface area contributed by atoms with Gasteiger partial charge in [0.15, 0.2) is 12.6 Å². The molecule has 152 valence electrons. The Morgan fingerprint density at radius 2 is 1.54 bits per heavy atom. The van der Waals surface area contributed by atoms with Crippen LogP contribution in [0.3, 0.4) is 0 Å². The van der Waals surface area contributed by atoms with E-state index in [1.54, 1.807) is 0 Å². The van der Waals surface area contributed by atoms with Gasteiger partial charge in [0.1, 0.15) is 48.8 Å². The number of hydrogen-bond donors (Lipinski definition) is 8. The maximum absolute atomic E-state index is 11.2. The number of carbonyl (C=O) groups is 1. The van der Waals surface area contributed by atoms with Crippen molar-refractivity contribution < 1.29 is 54.8 Å². The third-order valence-corrected chi connectivity index (χ3v) is 4.38. The van der Waals surface area contributed by atoms with Gasteiger partial charge in [0, 0.05) is 6.92 Å². The summed E-state index contributed by atoms with van der Waals surface area (Å²) in [7, 11) is 0. The Labute approximate surface area is 148 Å². The minimum atomic E-state index is -1.73. The van der Waals surface area contributed by atoms with E-state index in [1.807, 2.05) is 0 Å². The smallest absolute Gasteiger partial charge is 0.217 e. The molecular formula is C14H25NO11. The van der Waals surface area contributed by atoms with E-state index in [0.717, 1.165) is 6.92 Å². The molecular weight excluding hydrogens is 358 g/mol. The maximum Gasteiger partial charge on any atom is 0.217 e. The summed E-state index contributed by atoms with van der Waals surface area (Å²) in [5, 5.41) is 70.7. The number of nitrogens with one attached hydrogen (secondary N) is 1. The van der Waals surface area contributed by atoms with Crippen LogP contribution < -0.4 is 5.32 Å². The number of carbonyl (C=O) groups excluding carboxylic acids is 1. The number of amides is 1. The fraction of sp³-hybridized carbons (Fsp3) is 0.929. The van der Waals surface area contributed by atoms with Crippen LogP contribution in [0.1, 0.15) is 6.92 Å². The first-order valence-corrected chi connectivity index (χ1v) is 8.06. The van der Waals surface area contributed by atoms with Crippen molar-refractivity contribution in [2.45, 2.75) is 68.3 Å². The van der Waals surface area contributed by atoms with Crippen molar-refractivity contribution >= 4 is 5.91 Å². The molecule has 2 saturated heterocycles. The van der Waals surface area contributed by atoms with Gasteiger partial charge in [-0.3, -0.25) is 4.79 Å². The van der Waals surface area contributed by atoms with Gasteiger partial charge in [0.25, 0.3) is 0 Å². The number of aliphatic hydroxyl groups is 7. The zero-order valence-electron chi connectivity index (χ0n) is 14.0. The van der Waals surface area contributed by atoms with Crippen molar-refractivity contribution in [1.82, 2.24) is 5.32 Å². The third-order valence-electron chi connectivity index (χ3n) is 4.38. The molecule has 0 unspecified atom stereocenters. The van der Waals surface area contributed by atoms with Gasteiger partial charge in [-0.25, -0.2) is 0 Å². The van der Waals surface area contributed by atoms with Crippen molar-refractivity contribution in [1.29, 1.82) is 0 Å². The van der Waals surface area contributed by atoms with E-state index in [2.05, 4.69) is 5.32 Å². The van der Waals surface area contributed by atoms with Gasteiger partial charge < -0.3 is 55.3 Å². The summed E-state index contributed by atoms with van der Waals surface area (Å²) in [6.07, 6.45) is -13.6. The first-order valence-electron chi connectivity index (χ1n) is 8.06. The molecule has 1 amide bonds. The molecule has 0 aromatic heterocycles. The Hall–Kier alpha value is -0.930. The van der Waals surface area contributed by atoms with Crippen LogP contribution in [0.25, 0.3) is 0 Å². The minimum absolute atomic E-state index is 0.564. The average molecular weight is 383 g/mol. The number of ether oxygens (including phenoxy) is 3. The number of rotatable bonds is 5. The third kappa shape index (κ3) is 4.31. The lowest BCUT2D eigenvalue weighted by Gasteiger charge is -2.46. The minimum Gasteiger partial charge on any atom is -0.394 e. The fourth-order valence-electron chi connectivity index (χ4n) is 2.98. The highest BCUT2D eigenvalue weighted by molar-refractivity contribution is 5.73. The van der Waals surface area contributed by atoms with Crippen molar-refractivity contribution in [3.63, 3.8) is 0 Å². The Balaban J connectivity index is 2.16. The highest BCUT2D eigenvalue weighted by Gasteiger charge is 2.50. The van der Waals surface area contributed by atoms with Gasteiger partial charge in [-0.15, -0.1) is 0 Å². The van der Waals surface area contributed by atoms with Crippen LogP contribution in [0.4, 0.5) is 0 Å². The highest BCUT2D eigenvalue weighted by atomic mass is 16.7. The van der Waals surface area contributed by atoms with E-state index >= 15 is 0 Å². The lowest BCUT2D eigenvalue weighted by Crippen LogP contribution is -2.67. The van der Waals surface area contributed by atoms with Gasteiger partial charge >= 0.3 is 0 Å². The molecule has 2 fully saturated rings. The summed E-state index contributed by atoms with van der Waals surface area (Å²) >= 11 is 0. The quantitative estimate of drug-likeness (QED) is 0.226. The van der Waals surface area contributed by atoms with Crippen LogP contribution in [0, 0.1) is 0 Å². The molecule has 2 heterocycles. The van der Waals surface area contributed by atoms with Crippen LogP contribution in [-0.2, 0) is 19.0 Å². The summed E-state index contributed by atoms with van der Waals surface area (Å²) < 4.78 is 15.7. The van der Waals surface area contributed by atoms with Crippen LogP contribution in [0.2, 0.25) is 0 Å². The normalized spacial score (nSPS) is 46.8.